The summed E-state index contributed by atoms with van der Waals surface area (Å²) in [4.78, 5) is 37.9. The minimum Gasteiger partial charge on any atom is -0.490 e. The van der Waals surface area contributed by atoms with E-state index in [0.717, 1.165) is 22.9 Å². The van der Waals surface area contributed by atoms with E-state index in [9.17, 15) is 14.4 Å². The molecule has 0 saturated carbocycles. The molecule has 1 aliphatic heterocycles. The Morgan fingerprint density at radius 2 is 1.83 bits per heavy atom. The van der Waals surface area contributed by atoms with Crippen LogP contribution in [0.1, 0.15) is 30.5 Å². The standard InChI is InChI=1S/C22H21NO5S/c1-4-27-19-11-17(9-10-18(19)28-15(3)24)12-20-21(25)23(22(26)29-20)13-16-7-5-14(2)6-8-16/h5-12H,4,13H2,1-3H3/b20-12-. The first-order chi connectivity index (χ1) is 13.9. The maximum absolute atomic E-state index is 12.7. The molecule has 0 N–H and O–H groups in total. The zero-order chi connectivity index (χ0) is 21.0. The number of carbonyl (C=O) groups excluding carboxylic acids is 3. The van der Waals surface area contributed by atoms with Crippen LogP contribution in [0.25, 0.3) is 6.08 Å². The molecule has 6 nitrogen and oxygen atoms in total. The number of imide groups is 1. The topological polar surface area (TPSA) is 72.9 Å². The number of carbonyl (C=O) groups is 3. The van der Waals surface area contributed by atoms with Crippen LogP contribution in [0, 0.1) is 6.92 Å². The zero-order valence-corrected chi connectivity index (χ0v) is 17.2. The minimum absolute atomic E-state index is 0.234. The second-order valence-electron chi connectivity index (χ2n) is 6.49. The summed E-state index contributed by atoms with van der Waals surface area (Å²) in [6.07, 6.45) is 1.64. The highest BCUT2D eigenvalue weighted by Crippen LogP contribution is 2.35. The van der Waals surface area contributed by atoms with Crippen LogP contribution in [0.15, 0.2) is 47.4 Å². The molecule has 0 radical (unpaired) electrons. The molecule has 1 heterocycles. The average molecular weight is 411 g/mol. The number of thioether (sulfide) groups is 1. The van der Waals surface area contributed by atoms with Crippen molar-refractivity contribution < 1.29 is 23.9 Å². The van der Waals surface area contributed by atoms with Gasteiger partial charge in [-0.3, -0.25) is 19.3 Å². The van der Waals surface area contributed by atoms with E-state index >= 15 is 0 Å². The average Bonchev–Trinajstić information content (AvgIpc) is 2.93. The Morgan fingerprint density at radius 3 is 2.48 bits per heavy atom. The molecular weight excluding hydrogens is 390 g/mol. The molecule has 3 rings (SSSR count). The highest BCUT2D eigenvalue weighted by molar-refractivity contribution is 8.18. The first-order valence-electron chi connectivity index (χ1n) is 9.13. The first-order valence-corrected chi connectivity index (χ1v) is 9.95. The molecule has 29 heavy (non-hydrogen) atoms. The predicted octanol–water partition coefficient (Wildman–Crippen LogP) is 4.56. The lowest BCUT2D eigenvalue weighted by molar-refractivity contribution is -0.132. The molecular formula is C22H21NO5S. The monoisotopic (exact) mass is 411 g/mol. The normalized spacial score (nSPS) is 15.1. The Hall–Kier alpha value is -3.06. The summed E-state index contributed by atoms with van der Waals surface area (Å²) < 4.78 is 10.7. The van der Waals surface area contributed by atoms with Gasteiger partial charge in [0.1, 0.15) is 0 Å². The van der Waals surface area contributed by atoms with Gasteiger partial charge in [0, 0.05) is 6.92 Å². The Bertz CT molecular complexity index is 981. The van der Waals surface area contributed by atoms with Crippen LogP contribution >= 0.6 is 11.8 Å². The van der Waals surface area contributed by atoms with Crippen LogP contribution in [-0.4, -0.2) is 28.6 Å². The third kappa shape index (κ3) is 5.06. The Balaban J connectivity index is 1.82. The van der Waals surface area contributed by atoms with Crippen LogP contribution in [0.2, 0.25) is 0 Å². The molecule has 150 valence electrons. The van der Waals surface area contributed by atoms with E-state index in [1.54, 1.807) is 24.3 Å². The fourth-order valence-electron chi connectivity index (χ4n) is 2.79. The first kappa shape index (κ1) is 20.7. The van der Waals surface area contributed by atoms with Crippen molar-refractivity contribution in [3.63, 3.8) is 0 Å². The highest BCUT2D eigenvalue weighted by atomic mass is 32.2. The summed E-state index contributed by atoms with van der Waals surface area (Å²) >= 11 is 0.905. The summed E-state index contributed by atoms with van der Waals surface area (Å²) in [6, 6.07) is 12.7. The molecule has 2 amide bonds. The summed E-state index contributed by atoms with van der Waals surface area (Å²) in [5.74, 6) is -0.0714. The molecule has 0 atom stereocenters. The van der Waals surface area contributed by atoms with E-state index in [0.29, 0.717) is 28.6 Å². The van der Waals surface area contributed by atoms with Crippen LogP contribution in [-0.2, 0) is 16.1 Å². The lowest BCUT2D eigenvalue weighted by Crippen LogP contribution is -2.27. The number of nitrogens with zero attached hydrogens (tertiary/aromatic N) is 1. The number of aryl methyl sites for hydroxylation is 1. The fraction of sp³-hybridized carbons (Fsp3) is 0.227. The van der Waals surface area contributed by atoms with Gasteiger partial charge in [-0.15, -0.1) is 0 Å². The van der Waals surface area contributed by atoms with Gasteiger partial charge in [0.2, 0.25) is 0 Å². The second kappa shape index (κ2) is 8.96. The molecule has 0 unspecified atom stereocenters. The quantitative estimate of drug-likeness (QED) is 0.394. The van der Waals surface area contributed by atoms with Gasteiger partial charge in [-0.05, 0) is 54.9 Å². The number of amides is 2. The maximum Gasteiger partial charge on any atom is 0.308 e. The lowest BCUT2D eigenvalue weighted by atomic mass is 10.1. The summed E-state index contributed by atoms with van der Waals surface area (Å²) in [6.45, 7) is 5.74. The fourth-order valence-corrected chi connectivity index (χ4v) is 3.62. The van der Waals surface area contributed by atoms with Crippen molar-refractivity contribution in [3.8, 4) is 11.5 Å². The zero-order valence-electron chi connectivity index (χ0n) is 16.4. The van der Waals surface area contributed by atoms with E-state index in [2.05, 4.69) is 0 Å². The van der Waals surface area contributed by atoms with Gasteiger partial charge >= 0.3 is 5.97 Å². The molecule has 0 spiro atoms. The number of hydrogen-bond donors (Lipinski definition) is 0. The van der Waals surface area contributed by atoms with E-state index in [4.69, 9.17) is 9.47 Å². The van der Waals surface area contributed by atoms with Crippen molar-refractivity contribution >= 4 is 35.0 Å². The van der Waals surface area contributed by atoms with E-state index in [-0.39, 0.29) is 17.7 Å². The molecule has 0 bridgehead atoms. The van der Waals surface area contributed by atoms with E-state index < -0.39 is 5.97 Å². The maximum atomic E-state index is 12.7. The van der Waals surface area contributed by atoms with Crippen LogP contribution < -0.4 is 9.47 Å². The molecule has 1 aliphatic rings. The van der Waals surface area contributed by atoms with Crippen molar-refractivity contribution in [2.75, 3.05) is 6.61 Å². The summed E-state index contributed by atoms with van der Waals surface area (Å²) in [5.41, 5.74) is 2.68. The Labute approximate surface area is 173 Å². The largest absolute Gasteiger partial charge is 0.490 e. The summed E-state index contributed by atoms with van der Waals surface area (Å²) in [5, 5.41) is -0.302. The lowest BCUT2D eigenvalue weighted by Gasteiger charge is -2.12. The summed E-state index contributed by atoms with van der Waals surface area (Å²) in [7, 11) is 0. The van der Waals surface area contributed by atoms with Crippen LogP contribution in [0.5, 0.6) is 11.5 Å². The molecule has 0 aliphatic carbocycles. The van der Waals surface area contributed by atoms with Crippen molar-refractivity contribution in [2.24, 2.45) is 0 Å². The van der Waals surface area contributed by atoms with Gasteiger partial charge in [-0.1, -0.05) is 35.9 Å². The SMILES string of the molecule is CCOc1cc(/C=C2\SC(=O)N(Cc3ccc(C)cc3)C2=O)ccc1OC(C)=O. The third-order valence-electron chi connectivity index (χ3n) is 4.15. The number of esters is 1. The molecule has 1 saturated heterocycles. The van der Waals surface area contributed by atoms with E-state index in [1.807, 2.05) is 38.1 Å². The van der Waals surface area contributed by atoms with Gasteiger partial charge < -0.3 is 9.47 Å². The molecule has 7 heteroatoms. The second-order valence-corrected chi connectivity index (χ2v) is 7.48. The number of hydrogen-bond acceptors (Lipinski definition) is 6. The molecule has 2 aromatic rings. The number of ether oxygens (including phenoxy) is 2. The van der Waals surface area contributed by atoms with Crippen molar-refractivity contribution in [2.45, 2.75) is 27.3 Å². The highest BCUT2D eigenvalue weighted by Gasteiger charge is 2.35. The van der Waals surface area contributed by atoms with Gasteiger partial charge in [-0.2, -0.15) is 0 Å². The predicted molar refractivity (Wildman–Crippen MR) is 112 cm³/mol. The third-order valence-corrected chi connectivity index (χ3v) is 5.06. The van der Waals surface area contributed by atoms with Crippen molar-refractivity contribution in [1.29, 1.82) is 0 Å². The Kier molecular flexibility index (Phi) is 6.39. The smallest absolute Gasteiger partial charge is 0.308 e. The number of rotatable bonds is 6. The Morgan fingerprint density at radius 1 is 1.10 bits per heavy atom. The van der Waals surface area contributed by atoms with E-state index in [1.165, 1.54) is 11.8 Å². The number of benzene rings is 2. The molecule has 0 aromatic heterocycles. The van der Waals surface area contributed by atoms with Crippen molar-refractivity contribution in [3.05, 3.63) is 64.1 Å². The molecule has 1 fully saturated rings. The van der Waals surface area contributed by atoms with Gasteiger partial charge in [0.05, 0.1) is 18.1 Å². The van der Waals surface area contributed by atoms with Crippen molar-refractivity contribution in [1.82, 2.24) is 4.90 Å². The van der Waals surface area contributed by atoms with Gasteiger partial charge in [0.25, 0.3) is 11.1 Å². The minimum atomic E-state index is -0.448. The van der Waals surface area contributed by atoms with Crippen LogP contribution in [0.4, 0.5) is 4.79 Å². The van der Waals surface area contributed by atoms with Gasteiger partial charge in [0.15, 0.2) is 11.5 Å². The van der Waals surface area contributed by atoms with Gasteiger partial charge in [-0.25, -0.2) is 0 Å². The van der Waals surface area contributed by atoms with Crippen LogP contribution in [0.3, 0.4) is 0 Å². The molecule has 2 aromatic carbocycles.